The molecular weight excluding hydrogens is 400 g/mol. The number of hydrazone groups is 1. The van der Waals surface area contributed by atoms with Gasteiger partial charge in [0.15, 0.2) is 0 Å². The molecule has 1 amide bonds. The van der Waals surface area contributed by atoms with E-state index < -0.39 is 0 Å². The van der Waals surface area contributed by atoms with Crippen LogP contribution in [0.15, 0.2) is 74.7 Å². The first-order valence-electron chi connectivity index (χ1n) is 9.53. The van der Waals surface area contributed by atoms with Gasteiger partial charge in [0.1, 0.15) is 18.3 Å². The second-order valence-corrected chi connectivity index (χ2v) is 8.09. The maximum Gasteiger partial charge on any atom is 0.263 e. The third kappa shape index (κ3) is 3.15. The number of carbonyl (C=O) groups is 1. The van der Waals surface area contributed by atoms with Crippen molar-refractivity contribution in [3.05, 3.63) is 87.0 Å². The highest BCUT2D eigenvalue weighted by atomic mass is 32.1. The lowest BCUT2D eigenvalue weighted by Gasteiger charge is -2.20. The van der Waals surface area contributed by atoms with Crippen LogP contribution in [0.2, 0.25) is 0 Å². The summed E-state index contributed by atoms with van der Waals surface area (Å²) in [7, 11) is 0. The van der Waals surface area contributed by atoms with Crippen LogP contribution in [0.1, 0.15) is 28.7 Å². The Morgan fingerprint density at radius 3 is 2.90 bits per heavy atom. The maximum atomic E-state index is 13.2. The molecule has 0 N–H and O–H groups in total. The van der Waals surface area contributed by atoms with E-state index in [0.717, 1.165) is 16.2 Å². The Morgan fingerprint density at radius 2 is 2.13 bits per heavy atom. The van der Waals surface area contributed by atoms with Crippen LogP contribution < -0.4 is 5.56 Å². The van der Waals surface area contributed by atoms with Gasteiger partial charge in [-0.25, -0.2) is 9.99 Å². The molecule has 5 rings (SSSR count). The minimum Gasteiger partial charge on any atom is -0.467 e. The summed E-state index contributed by atoms with van der Waals surface area (Å²) in [5.74, 6) is 0.372. The summed E-state index contributed by atoms with van der Waals surface area (Å²) in [4.78, 5) is 31.5. The molecule has 1 aromatic carbocycles. The van der Waals surface area contributed by atoms with Gasteiger partial charge in [-0.15, -0.1) is 11.3 Å². The molecule has 0 bridgehead atoms. The number of amides is 1. The van der Waals surface area contributed by atoms with Crippen LogP contribution >= 0.6 is 11.3 Å². The van der Waals surface area contributed by atoms with E-state index in [0.29, 0.717) is 23.1 Å². The molecule has 150 valence electrons. The molecule has 0 saturated carbocycles. The van der Waals surface area contributed by atoms with E-state index in [-0.39, 0.29) is 24.1 Å². The zero-order chi connectivity index (χ0) is 20.7. The molecule has 3 aromatic heterocycles. The SMILES string of the molecule is Cc1cccc2c(=O)n(CC(=O)N3N=C(c4cccs4)CC3c3ccco3)cnc12. The number of hydrogen-bond acceptors (Lipinski definition) is 6. The number of rotatable bonds is 4. The van der Waals surface area contributed by atoms with Crippen LogP contribution in [-0.4, -0.2) is 26.2 Å². The molecule has 4 aromatic rings. The lowest BCUT2D eigenvalue weighted by molar-refractivity contribution is -0.134. The summed E-state index contributed by atoms with van der Waals surface area (Å²) in [5.41, 5.74) is 2.16. The lowest BCUT2D eigenvalue weighted by Crippen LogP contribution is -2.34. The number of para-hydroxylation sites is 1. The highest BCUT2D eigenvalue weighted by molar-refractivity contribution is 7.12. The Kier molecular flexibility index (Phi) is 4.55. The molecule has 0 spiro atoms. The number of fused-ring (bicyclic) bond motifs is 1. The van der Waals surface area contributed by atoms with Gasteiger partial charge in [-0.2, -0.15) is 5.10 Å². The second-order valence-electron chi connectivity index (χ2n) is 7.15. The Hall–Kier alpha value is -3.52. The van der Waals surface area contributed by atoms with E-state index in [1.54, 1.807) is 29.7 Å². The summed E-state index contributed by atoms with van der Waals surface area (Å²) >= 11 is 1.58. The Morgan fingerprint density at radius 1 is 1.23 bits per heavy atom. The molecule has 1 aliphatic heterocycles. The van der Waals surface area contributed by atoms with E-state index in [9.17, 15) is 9.59 Å². The minimum atomic E-state index is -0.337. The van der Waals surface area contributed by atoms with Crippen molar-refractivity contribution in [1.29, 1.82) is 0 Å². The fourth-order valence-corrected chi connectivity index (χ4v) is 4.42. The molecule has 0 radical (unpaired) electrons. The van der Waals surface area contributed by atoms with Crippen molar-refractivity contribution in [3.63, 3.8) is 0 Å². The largest absolute Gasteiger partial charge is 0.467 e. The number of furan rings is 1. The van der Waals surface area contributed by atoms with Gasteiger partial charge in [-0.1, -0.05) is 18.2 Å². The minimum absolute atomic E-state index is 0.145. The van der Waals surface area contributed by atoms with Crippen LogP contribution in [0.5, 0.6) is 0 Å². The van der Waals surface area contributed by atoms with Gasteiger partial charge in [-0.05, 0) is 42.1 Å². The van der Waals surface area contributed by atoms with Crippen molar-refractivity contribution in [3.8, 4) is 0 Å². The molecule has 0 saturated heterocycles. The molecule has 30 heavy (non-hydrogen) atoms. The number of benzene rings is 1. The van der Waals surface area contributed by atoms with Gasteiger partial charge in [-0.3, -0.25) is 14.2 Å². The van der Waals surface area contributed by atoms with Crippen molar-refractivity contribution in [2.45, 2.75) is 25.9 Å². The summed E-state index contributed by atoms with van der Waals surface area (Å²) in [5, 5.41) is 8.49. The summed E-state index contributed by atoms with van der Waals surface area (Å²) in [6.45, 7) is 1.76. The van der Waals surface area contributed by atoms with Crippen molar-refractivity contribution >= 4 is 33.9 Å². The first-order chi connectivity index (χ1) is 14.6. The van der Waals surface area contributed by atoms with E-state index in [2.05, 4.69) is 10.1 Å². The molecule has 4 heterocycles. The van der Waals surface area contributed by atoms with Crippen molar-refractivity contribution in [2.75, 3.05) is 0 Å². The van der Waals surface area contributed by atoms with Gasteiger partial charge < -0.3 is 4.42 Å². The van der Waals surface area contributed by atoms with Crippen LogP contribution in [0.3, 0.4) is 0 Å². The Labute approximate surface area is 175 Å². The summed E-state index contributed by atoms with van der Waals surface area (Å²) < 4.78 is 6.90. The van der Waals surface area contributed by atoms with Crippen LogP contribution in [0.4, 0.5) is 0 Å². The van der Waals surface area contributed by atoms with Gasteiger partial charge in [0.2, 0.25) is 0 Å². The van der Waals surface area contributed by atoms with Crippen molar-refractivity contribution in [2.24, 2.45) is 5.10 Å². The number of aromatic nitrogens is 2. The maximum absolute atomic E-state index is 13.2. The summed E-state index contributed by atoms with van der Waals surface area (Å²) in [6, 6.07) is 12.7. The van der Waals surface area contributed by atoms with E-state index >= 15 is 0 Å². The molecule has 1 unspecified atom stereocenters. The third-order valence-corrected chi connectivity index (χ3v) is 6.12. The number of nitrogens with zero attached hydrogens (tertiary/aromatic N) is 4. The van der Waals surface area contributed by atoms with Crippen LogP contribution in [-0.2, 0) is 11.3 Å². The molecule has 0 fully saturated rings. The smallest absolute Gasteiger partial charge is 0.263 e. The molecule has 7 nitrogen and oxygen atoms in total. The molecular formula is C22H18N4O3S. The number of aryl methyl sites for hydroxylation is 1. The highest BCUT2D eigenvalue weighted by Gasteiger charge is 2.35. The van der Waals surface area contributed by atoms with E-state index in [4.69, 9.17) is 4.42 Å². The fourth-order valence-electron chi connectivity index (χ4n) is 3.70. The topological polar surface area (TPSA) is 80.7 Å². The summed E-state index contributed by atoms with van der Waals surface area (Å²) in [6.07, 6.45) is 3.57. The predicted octanol–water partition coefficient (Wildman–Crippen LogP) is 3.74. The zero-order valence-electron chi connectivity index (χ0n) is 16.2. The first-order valence-corrected chi connectivity index (χ1v) is 10.4. The monoisotopic (exact) mass is 418 g/mol. The average molecular weight is 418 g/mol. The Balaban J connectivity index is 1.49. The van der Waals surface area contributed by atoms with Gasteiger partial charge >= 0.3 is 0 Å². The van der Waals surface area contributed by atoms with E-state index in [1.807, 2.05) is 42.6 Å². The molecule has 8 heteroatoms. The second kappa shape index (κ2) is 7.38. The van der Waals surface area contributed by atoms with E-state index in [1.165, 1.54) is 15.9 Å². The number of hydrogen-bond donors (Lipinski definition) is 0. The molecule has 1 aliphatic rings. The van der Waals surface area contributed by atoms with Crippen molar-refractivity contribution in [1.82, 2.24) is 14.6 Å². The first kappa shape index (κ1) is 18.5. The Bertz CT molecular complexity index is 1310. The van der Waals surface area contributed by atoms with Gasteiger partial charge in [0, 0.05) is 6.42 Å². The predicted molar refractivity (Wildman–Crippen MR) is 115 cm³/mol. The van der Waals surface area contributed by atoms with Gasteiger partial charge in [0.05, 0.1) is 34.1 Å². The van der Waals surface area contributed by atoms with Crippen molar-refractivity contribution < 1.29 is 9.21 Å². The lowest BCUT2D eigenvalue weighted by atomic mass is 10.1. The third-order valence-electron chi connectivity index (χ3n) is 5.20. The number of carbonyl (C=O) groups excluding carboxylic acids is 1. The quantitative estimate of drug-likeness (QED) is 0.506. The van der Waals surface area contributed by atoms with Gasteiger partial charge in [0.25, 0.3) is 11.5 Å². The average Bonchev–Trinajstić information content (AvgIpc) is 3.50. The molecule has 0 aliphatic carbocycles. The number of thiophene rings is 1. The highest BCUT2D eigenvalue weighted by Crippen LogP contribution is 2.34. The van der Waals surface area contributed by atoms with Crippen LogP contribution in [0, 0.1) is 6.92 Å². The fraction of sp³-hybridized carbons (Fsp3) is 0.182. The van der Waals surface area contributed by atoms with Crippen LogP contribution in [0.25, 0.3) is 10.9 Å². The standard InChI is InChI=1S/C22H18N4O3S/c1-14-5-2-6-15-21(14)23-13-25(22(15)28)12-20(27)26-17(18-7-3-9-29-18)11-16(24-26)19-8-4-10-30-19/h2-10,13,17H,11-12H2,1H3. The zero-order valence-corrected chi connectivity index (χ0v) is 17.0. The molecule has 1 atom stereocenters. The normalized spacial score (nSPS) is 16.2.